The molecule has 1 fully saturated rings. The summed E-state index contributed by atoms with van der Waals surface area (Å²) in [6.45, 7) is 3.85. The van der Waals surface area contributed by atoms with Crippen LogP contribution in [0.3, 0.4) is 0 Å². The van der Waals surface area contributed by atoms with Gasteiger partial charge in [-0.25, -0.2) is 0 Å². The van der Waals surface area contributed by atoms with Crippen molar-refractivity contribution in [2.45, 2.75) is 45.6 Å². The summed E-state index contributed by atoms with van der Waals surface area (Å²) in [5.74, 6) is 0.696. The summed E-state index contributed by atoms with van der Waals surface area (Å²) >= 11 is 0. The van der Waals surface area contributed by atoms with Crippen molar-refractivity contribution in [2.75, 3.05) is 10.6 Å². The third-order valence-corrected chi connectivity index (χ3v) is 3.65. The molecule has 1 aliphatic carbocycles. The molecule has 0 aromatic heterocycles. The van der Waals surface area contributed by atoms with Crippen molar-refractivity contribution in [3.63, 3.8) is 0 Å². The van der Waals surface area contributed by atoms with E-state index < -0.39 is 0 Å². The Balaban J connectivity index is 2.02. The Morgan fingerprint density at radius 1 is 1.22 bits per heavy atom. The topological polar surface area (TPSA) is 41.1 Å². The van der Waals surface area contributed by atoms with E-state index in [-0.39, 0.29) is 5.91 Å². The molecule has 18 heavy (non-hydrogen) atoms. The fourth-order valence-corrected chi connectivity index (χ4v) is 2.63. The first kappa shape index (κ1) is 12.9. The minimum absolute atomic E-state index is 0.0295. The largest absolute Gasteiger partial charge is 0.382 e. The Bertz CT molecular complexity index is 417. The molecule has 3 nitrogen and oxygen atoms in total. The van der Waals surface area contributed by atoms with Crippen LogP contribution < -0.4 is 10.6 Å². The molecule has 2 unspecified atom stereocenters. The Labute approximate surface area is 109 Å². The van der Waals surface area contributed by atoms with Gasteiger partial charge in [-0.05, 0) is 37.0 Å². The van der Waals surface area contributed by atoms with Crippen LogP contribution in [0.15, 0.2) is 24.3 Å². The quantitative estimate of drug-likeness (QED) is 0.855. The molecule has 2 rings (SSSR count). The van der Waals surface area contributed by atoms with E-state index in [1.807, 2.05) is 18.2 Å². The van der Waals surface area contributed by atoms with Crippen LogP contribution in [-0.2, 0) is 4.79 Å². The lowest BCUT2D eigenvalue weighted by atomic mass is 9.86. The van der Waals surface area contributed by atoms with Gasteiger partial charge in [-0.15, -0.1) is 0 Å². The first-order valence-corrected chi connectivity index (χ1v) is 6.79. The fourth-order valence-electron chi connectivity index (χ4n) is 2.63. The van der Waals surface area contributed by atoms with E-state index in [0.29, 0.717) is 6.04 Å². The van der Waals surface area contributed by atoms with Crippen LogP contribution in [0.1, 0.15) is 39.5 Å². The van der Waals surface area contributed by atoms with Crippen molar-refractivity contribution in [1.82, 2.24) is 0 Å². The SMILES string of the molecule is CC(=O)Nc1cccc(NC2CCCCC2C)c1. The van der Waals surface area contributed by atoms with Gasteiger partial charge in [0.1, 0.15) is 0 Å². The van der Waals surface area contributed by atoms with Crippen molar-refractivity contribution in [2.24, 2.45) is 5.92 Å². The Morgan fingerprint density at radius 2 is 1.94 bits per heavy atom. The van der Waals surface area contributed by atoms with Crippen molar-refractivity contribution < 1.29 is 4.79 Å². The second kappa shape index (κ2) is 5.89. The smallest absolute Gasteiger partial charge is 0.221 e. The molecule has 3 heteroatoms. The lowest BCUT2D eigenvalue weighted by molar-refractivity contribution is -0.114. The summed E-state index contributed by atoms with van der Waals surface area (Å²) in [5, 5.41) is 6.41. The van der Waals surface area contributed by atoms with Gasteiger partial charge in [-0.1, -0.05) is 25.8 Å². The van der Waals surface area contributed by atoms with Gasteiger partial charge >= 0.3 is 0 Å². The molecular weight excluding hydrogens is 224 g/mol. The standard InChI is InChI=1S/C15H22N2O/c1-11-6-3-4-9-15(11)17-14-8-5-7-13(10-14)16-12(2)18/h5,7-8,10-11,15,17H,3-4,6,9H2,1-2H3,(H,16,18). The zero-order valence-corrected chi connectivity index (χ0v) is 11.2. The van der Waals surface area contributed by atoms with E-state index in [9.17, 15) is 4.79 Å². The molecule has 0 aliphatic heterocycles. The minimum Gasteiger partial charge on any atom is -0.382 e. The molecule has 0 radical (unpaired) electrons. The summed E-state index contributed by atoms with van der Waals surface area (Å²) in [7, 11) is 0. The number of carbonyl (C=O) groups is 1. The minimum atomic E-state index is -0.0295. The average molecular weight is 246 g/mol. The molecule has 0 saturated heterocycles. The van der Waals surface area contributed by atoms with Crippen LogP contribution in [0.25, 0.3) is 0 Å². The molecule has 2 atom stereocenters. The third kappa shape index (κ3) is 3.49. The lowest BCUT2D eigenvalue weighted by Gasteiger charge is -2.30. The van der Waals surface area contributed by atoms with Crippen LogP contribution in [0.2, 0.25) is 0 Å². The van der Waals surface area contributed by atoms with Gasteiger partial charge in [-0.2, -0.15) is 0 Å². The maximum atomic E-state index is 11.0. The van der Waals surface area contributed by atoms with Gasteiger partial charge in [0.25, 0.3) is 0 Å². The van der Waals surface area contributed by atoms with Crippen LogP contribution in [0.4, 0.5) is 11.4 Å². The van der Waals surface area contributed by atoms with Crippen molar-refractivity contribution in [3.05, 3.63) is 24.3 Å². The highest BCUT2D eigenvalue weighted by Crippen LogP contribution is 2.27. The summed E-state index contributed by atoms with van der Waals surface area (Å²) in [5.41, 5.74) is 1.95. The second-order valence-corrected chi connectivity index (χ2v) is 5.27. The lowest BCUT2D eigenvalue weighted by Crippen LogP contribution is -2.30. The van der Waals surface area contributed by atoms with Crippen LogP contribution in [-0.4, -0.2) is 11.9 Å². The van der Waals surface area contributed by atoms with Gasteiger partial charge in [0.05, 0.1) is 0 Å². The molecule has 2 N–H and O–H groups in total. The van der Waals surface area contributed by atoms with Gasteiger partial charge < -0.3 is 10.6 Å². The number of benzene rings is 1. The zero-order valence-electron chi connectivity index (χ0n) is 11.2. The third-order valence-electron chi connectivity index (χ3n) is 3.65. The highest BCUT2D eigenvalue weighted by Gasteiger charge is 2.20. The van der Waals surface area contributed by atoms with E-state index in [0.717, 1.165) is 17.3 Å². The van der Waals surface area contributed by atoms with E-state index in [4.69, 9.17) is 0 Å². The summed E-state index contributed by atoms with van der Waals surface area (Å²) < 4.78 is 0. The number of rotatable bonds is 3. The molecular formula is C15H22N2O. The molecule has 1 saturated carbocycles. The summed E-state index contributed by atoms with van der Waals surface area (Å²) in [4.78, 5) is 11.0. The van der Waals surface area contributed by atoms with Gasteiger partial charge in [0.15, 0.2) is 0 Å². The van der Waals surface area contributed by atoms with Crippen molar-refractivity contribution >= 4 is 17.3 Å². The first-order valence-electron chi connectivity index (χ1n) is 6.79. The molecule has 0 spiro atoms. The molecule has 1 amide bonds. The van der Waals surface area contributed by atoms with Crippen LogP contribution in [0, 0.1) is 5.92 Å². The van der Waals surface area contributed by atoms with E-state index in [2.05, 4.69) is 23.6 Å². The molecule has 1 aliphatic rings. The molecule has 1 aromatic rings. The maximum absolute atomic E-state index is 11.0. The Kier molecular flexibility index (Phi) is 4.24. The fraction of sp³-hybridized carbons (Fsp3) is 0.533. The van der Waals surface area contributed by atoms with Gasteiger partial charge in [0.2, 0.25) is 5.91 Å². The summed E-state index contributed by atoms with van der Waals surface area (Å²) in [6, 6.07) is 8.51. The Morgan fingerprint density at radius 3 is 2.67 bits per heavy atom. The highest BCUT2D eigenvalue weighted by molar-refractivity contribution is 5.89. The van der Waals surface area contributed by atoms with Crippen molar-refractivity contribution in [3.8, 4) is 0 Å². The predicted molar refractivity (Wildman–Crippen MR) is 75.8 cm³/mol. The zero-order chi connectivity index (χ0) is 13.0. The number of hydrogen-bond acceptors (Lipinski definition) is 2. The molecule has 1 aromatic carbocycles. The first-order chi connectivity index (χ1) is 8.65. The van der Waals surface area contributed by atoms with E-state index in [1.54, 1.807) is 0 Å². The highest BCUT2D eigenvalue weighted by atomic mass is 16.1. The molecule has 0 bridgehead atoms. The molecule has 0 heterocycles. The summed E-state index contributed by atoms with van der Waals surface area (Å²) in [6.07, 6.45) is 5.22. The maximum Gasteiger partial charge on any atom is 0.221 e. The monoisotopic (exact) mass is 246 g/mol. The number of carbonyl (C=O) groups excluding carboxylic acids is 1. The van der Waals surface area contributed by atoms with E-state index in [1.165, 1.54) is 32.6 Å². The van der Waals surface area contributed by atoms with Gasteiger partial charge in [-0.3, -0.25) is 4.79 Å². The predicted octanol–water partition coefficient (Wildman–Crippen LogP) is 3.64. The van der Waals surface area contributed by atoms with Crippen LogP contribution in [0.5, 0.6) is 0 Å². The van der Waals surface area contributed by atoms with Crippen molar-refractivity contribution in [1.29, 1.82) is 0 Å². The Hall–Kier alpha value is -1.51. The van der Waals surface area contributed by atoms with E-state index >= 15 is 0 Å². The number of hydrogen-bond donors (Lipinski definition) is 2. The van der Waals surface area contributed by atoms with Gasteiger partial charge in [0, 0.05) is 24.3 Å². The number of anilines is 2. The average Bonchev–Trinajstić information content (AvgIpc) is 2.32. The number of amides is 1. The van der Waals surface area contributed by atoms with Crippen LogP contribution >= 0.6 is 0 Å². The molecule has 98 valence electrons. The normalized spacial score (nSPS) is 23.4. The number of nitrogens with one attached hydrogen (secondary N) is 2. The second-order valence-electron chi connectivity index (χ2n) is 5.27.